The molecule has 20 heavy (non-hydrogen) atoms. The molecular formula is C15H13BrClN3. The first-order valence-electron chi connectivity index (χ1n) is 6.26. The van der Waals surface area contributed by atoms with E-state index in [0.29, 0.717) is 5.88 Å². The lowest BCUT2D eigenvalue weighted by Crippen LogP contribution is -2.02. The standard InChI is InChI=1S/C15H13BrClN3/c1-9-5-12-15(18-8-9)20(14(7-17)19-12)13-4-3-11(16)6-10(13)2/h3-6,8H,7H2,1-2H3. The monoisotopic (exact) mass is 349 g/mol. The van der Waals surface area contributed by atoms with E-state index in [0.717, 1.165) is 38.3 Å². The van der Waals surface area contributed by atoms with E-state index in [9.17, 15) is 0 Å². The highest BCUT2D eigenvalue weighted by molar-refractivity contribution is 9.10. The molecule has 0 unspecified atom stereocenters. The Kier molecular flexibility index (Phi) is 3.52. The van der Waals surface area contributed by atoms with Gasteiger partial charge in [0.1, 0.15) is 11.3 Å². The lowest BCUT2D eigenvalue weighted by atomic mass is 10.2. The van der Waals surface area contributed by atoms with Gasteiger partial charge in [-0.3, -0.25) is 4.57 Å². The van der Waals surface area contributed by atoms with Crippen LogP contribution in [-0.4, -0.2) is 14.5 Å². The molecule has 0 aliphatic carbocycles. The molecule has 5 heteroatoms. The summed E-state index contributed by atoms with van der Waals surface area (Å²) in [6.45, 7) is 4.08. The van der Waals surface area contributed by atoms with Crippen LogP contribution in [0.15, 0.2) is 34.9 Å². The highest BCUT2D eigenvalue weighted by atomic mass is 79.9. The Morgan fingerprint density at radius 2 is 2.05 bits per heavy atom. The van der Waals surface area contributed by atoms with Crippen molar-refractivity contribution in [2.75, 3.05) is 0 Å². The van der Waals surface area contributed by atoms with Crippen LogP contribution in [0.2, 0.25) is 0 Å². The summed E-state index contributed by atoms with van der Waals surface area (Å²) in [7, 11) is 0. The van der Waals surface area contributed by atoms with Crippen molar-refractivity contribution < 1.29 is 0 Å². The Morgan fingerprint density at radius 3 is 2.75 bits per heavy atom. The average Bonchev–Trinajstić information content (AvgIpc) is 2.76. The fraction of sp³-hybridized carbons (Fsp3) is 0.200. The molecule has 102 valence electrons. The number of rotatable bonds is 2. The van der Waals surface area contributed by atoms with Crippen molar-refractivity contribution in [1.29, 1.82) is 0 Å². The van der Waals surface area contributed by atoms with E-state index in [-0.39, 0.29) is 0 Å². The van der Waals surface area contributed by atoms with Gasteiger partial charge in [0.15, 0.2) is 5.65 Å². The summed E-state index contributed by atoms with van der Waals surface area (Å²) in [4.78, 5) is 9.11. The van der Waals surface area contributed by atoms with Crippen LogP contribution in [0.3, 0.4) is 0 Å². The summed E-state index contributed by atoms with van der Waals surface area (Å²) in [5, 5.41) is 0. The van der Waals surface area contributed by atoms with Gasteiger partial charge in [-0.1, -0.05) is 15.9 Å². The number of nitrogens with zero attached hydrogens (tertiary/aromatic N) is 3. The van der Waals surface area contributed by atoms with Gasteiger partial charge in [0, 0.05) is 10.7 Å². The van der Waals surface area contributed by atoms with Gasteiger partial charge >= 0.3 is 0 Å². The molecule has 3 nitrogen and oxygen atoms in total. The van der Waals surface area contributed by atoms with Crippen molar-refractivity contribution in [3.8, 4) is 5.69 Å². The maximum atomic E-state index is 6.06. The van der Waals surface area contributed by atoms with Crippen LogP contribution in [0, 0.1) is 13.8 Å². The Morgan fingerprint density at radius 1 is 1.25 bits per heavy atom. The first-order valence-corrected chi connectivity index (χ1v) is 7.59. The number of imidazole rings is 1. The molecule has 0 aliphatic heterocycles. The summed E-state index contributed by atoms with van der Waals surface area (Å²) in [6, 6.07) is 8.18. The number of pyridine rings is 1. The fourth-order valence-electron chi connectivity index (χ4n) is 2.32. The molecule has 0 spiro atoms. The minimum absolute atomic E-state index is 0.352. The molecule has 0 fully saturated rings. The second-order valence-electron chi connectivity index (χ2n) is 4.78. The maximum absolute atomic E-state index is 6.06. The molecule has 0 radical (unpaired) electrons. The lowest BCUT2D eigenvalue weighted by Gasteiger charge is -2.10. The molecule has 0 atom stereocenters. The van der Waals surface area contributed by atoms with Gasteiger partial charge in [-0.25, -0.2) is 9.97 Å². The highest BCUT2D eigenvalue weighted by Gasteiger charge is 2.14. The van der Waals surface area contributed by atoms with Crippen LogP contribution >= 0.6 is 27.5 Å². The topological polar surface area (TPSA) is 30.7 Å². The van der Waals surface area contributed by atoms with Crippen LogP contribution in [0.1, 0.15) is 17.0 Å². The van der Waals surface area contributed by atoms with Gasteiger partial charge in [0.2, 0.25) is 0 Å². The van der Waals surface area contributed by atoms with Crippen molar-refractivity contribution in [1.82, 2.24) is 14.5 Å². The van der Waals surface area contributed by atoms with E-state index in [1.54, 1.807) is 0 Å². The zero-order chi connectivity index (χ0) is 14.3. The third-order valence-corrected chi connectivity index (χ3v) is 3.95. The molecule has 0 aliphatic rings. The van der Waals surface area contributed by atoms with Gasteiger partial charge in [0.05, 0.1) is 11.6 Å². The summed E-state index contributed by atoms with van der Waals surface area (Å²) in [5.41, 5.74) is 5.02. The third kappa shape index (κ3) is 2.23. The molecule has 0 N–H and O–H groups in total. The van der Waals surface area contributed by atoms with Crippen molar-refractivity contribution >= 4 is 38.7 Å². The Balaban J connectivity index is 2.34. The molecule has 0 saturated carbocycles. The number of hydrogen-bond donors (Lipinski definition) is 0. The van der Waals surface area contributed by atoms with E-state index in [1.807, 2.05) is 29.8 Å². The first kappa shape index (κ1) is 13.6. The lowest BCUT2D eigenvalue weighted by molar-refractivity contribution is 0.960. The average molecular weight is 351 g/mol. The Hall–Kier alpha value is -1.39. The first-order chi connectivity index (χ1) is 9.60. The predicted molar refractivity (Wildman–Crippen MR) is 85.6 cm³/mol. The quantitative estimate of drug-likeness (QED) is 0.635. The van der Waals surface area contributed by atoms with Crippen LogP contribution in [0.5, 0.6) is 0 Å². The number of benzene rings is 1. The number of fused-ring (bicyclic) bond motifs is 1. The molecule has 3 aromatic rings. The smallest absolute Gasteiger partial charge is 0.164 e. The largest absolute Gasteiger partial charge is 0.279 e. The number of alkyl halides is 1. The minimum atomic E-state index is 0.352. The van der Waals surface area contributed by atoms with Crippen LogP contribution in [0.4, 0.5) is 0 Å². The highest BCUT2D eigenvalue weighted by Crippen LogP contribution is 2.26. The van der Waals surface area contributed by atoms with E-state index in [1.165, 1.54) is 0 Å². The van der Waals surface area contributed by atoms with Crippen molar-refractivity contribution in [2.45, 2.75) is 19.7 Å². The minimum Gasteiger partial charge on any atom is -0.279 e. The molecule has 1 aromatic carbocycles. The summed E-state index contributed by atoms with van der Waals surface area (Å²) >= 11 is 9.54. The van der Waals surface area contributed by atoms with E-state index < -0.39 is 0 Å². The summed E-state index contributed by atoms with van der Waals surface area (Å²) in [6.07, 6.45) is 1.85. The number of hydrogen-bond acceptors (Lipinski definition) is 2. The third-order valence-electron chi connectivity index (χ3n) is 3.22. The predicted octanol–water partition coefficient (Wildman–Crippen LogP) is 4.54. The van der Waals surface area contributed by atoms with Gasteiger partial charge in [0.25, 0.3) is 0 Å². The second kappa shape index (κ2) is 5.19. The molecule has 2 aromatic heterocycles. The van der Waals surface area contributed by atoms with E-state index in [2.05, 4.69) is 45.0 Å². The number of halogens is 2. The molecule has 0 bridgehead atoms. The summed E-state index contributed by atoms with van der Waals surface area (Å²) in [5.74, 6) is 1.16. The molecule has 0 amide bonds. The molecular weight excluding hydrogens is 338 g/mol. The number of aromatic nitrogens is 3. The van der Waals surface area contributed by atoms with Gasteiger partial charge in [-0.05, 0) is 49.2 Å². The van der Waals surface area contributed by atoms with Crippen LogP contribution in [0.25, 0.3) is 16.9 Å². The van der Waals surface area contributed by atoms with Gasteiger partial charge in [-0.2, -0.15) is 0 Å². The zero-order valence-corrected chi connectivity index (χ0v) is 13.5. The van der Waals surface area contributed by atoms with Gasteiger partial charge < -0.3 is 0 Å². The molecule has 2 heterocycles. The van der Waals surface area contributed by atoms with E-state index in [4.69, 9.17) is 11.6 Å². The Bertz CT molecular complexity index is 795. The maximum Gasteiger partial charge on any atom is 0.164 e. The zero-order valence-electron chi connectivity index (χ0n) is 11.2. The van der Waals surface area contributed by atoms with Crippen molar-refractivity contribution in [2.24, 2.45) is 0 Å². The van der Waals surface area contributed by atoms with Crippen LogP contribution in [-0.2, 0) is 5.88 Å². The molecule has 0 saturated heterocycles. The molecule has 3 rings (SSSR count). The second-order valence-corrected chi connectivity index (χ2v) is 5.97. The van der Waals surface area contributed by atoms with Gasteiger partial charge in [-0.15, -0.1) is 11.6 Å². The number of aryl methyl sites for hydroxylation is 2. The van der Waals surface area contributed by atoms with Crippen molar-refractivity contribution in [3.63, 3.8) is 0 Å². The Labute approximate surface area is 130 Å². The SMILES string of the molecule is Cc1cnc2c(c1)nc(CCl)n2-c1ccc(Br)cc1C. The fourth-order valence-corrected chi connectivity index (χ4v) is 2.98. The van der Waals surface area contributed by atoms with E-state index >= 15 is 0 Å². The summed E-state index contributed by atoms with van der Waals surface area (Å²) < 4.78 is 3.09. The van der Waals surface area contributed by atoms with Crippen LogP contribution < -0.4 is 0 Å². The van der Waals surface area contributed by atoms with Crippen molar-refractivity contribution in [3.05, 3.63) is 51.9 Å². The normalized spacial score (nSPS) is 11.2.